The highest BCUT2D eigenvalue weighted by molar-refractivity contribution is 5.94. The SMILES string of the molecule is CC.Cc1cccc(C#Cc2cnc3ccc(-c4ccc(C(=O)N5CCNCC5)cc4)nn23)c1. The molecule has 1 aliphatic rings. The fourth-order valence-corrected chi connectivity index (χ4v) is 3.81. The molecule has 0 bridgehead atoms. The maximum absolute atomic E-state index is 12.7. The molecule has 0 radical (unpaired) electrons. The molecule has 172 valence electrons. The van der Waals surface area contributed by atoms with Crippen LogP contribution in [0, 0.1) is 18.8 Å². The van der Waals surface area contributed by atoms with Gasteiger partial charge in [0.05, 0.1) is 11.9 Å². The Morgan fingerprint density at radius 1 is 0.971 bits per heavy atom. The second-order valence-corrected chi connectivity index (χ2v) is 7.87. The van der Waals surface area contributed by atoms with E-state index in [4.69, 9.17) is 5.10 Å². The van der Waals surface area contributed by atoms with Gasteiger partial charge >= 0.3 is 0 Å². The summed E-state index contributed by atoms with van der Waals surface area (Å²) in [5, 5.41) is 8.02. The summed E-state index contributed by atoms with van der Waals surface area (Å²) in [6.45, 7) is 9.22. The van der Waals surface area contributed by atoms with Crippen molar-refractivity contribution in [1.82, 2.24) is 24.8 Å². The van der Waals surface area contributed by atoms with E-state index in [1.165, 1.54) is 5.56 Å². The number of piperazine rings is 1. The van der Waals surface area contributed by atoms with Crippen molar-refractivity contribution in [3.05, 3.63) is 89.2 Å². The number of hydrogen-bond acceptors (Lipinski definition) is 4. The molecule has 2 aromatic heterocycles. The van der Waals surface area contributed by atoms with Crippen LogP contribution in [0.4, 0.5) is 0 Å². The highest BCUT2D eigenvalue weighted by atomic mass is 16.2. The summed E-state index contributed by atoms with van der Waals surface area (Å²) in [4.78, 5) is 19.0. The summed E-state index contributed by atoms with van der Waals surface area (Å²) in [5.41, 5.74) is 6.05. The zero-order valence-electron chi connectivity index (χ0n) is 19.9. The molecule has 3 heterocycles. The maximum atomic E-state index is 12.7. The highest BCUT2D eigenvalue weighted by Crippen LogP contribution is 2.19. The number of benzene rings is 2. The van der Waals surface area contributed by atoms with Gasteiger partial charge in [-0.1, -0.05) is 44.0 Å². The quantitative estimate of drug-likeness (QED) is 0.465. The summed E-state index contributed by atoms with van der Waals surface area (Å²) in [6.07, 6.45) is 1.74. The molecular formula is C28H29N5O. The van der Waals surface area contributed by atoms with Gasteiger partial charge in [-0.05, 0) is 54.8 Å². The minimum Gasteiger partial charge on any atom is -0.336 e. The molecule has 34 heavy (non-hydrogen) atoms. The van der Waals surface area contributed by atoms with E-state index >= 15 is 0 Å². The lowest BCUT2D eigenvalue weighted by atomic mass is 10.1. The van der Waals surface area contributed by atoms with Crippen molar-refractivity contribution < 1.29 is 4.79 Å². The minimum absolute atomic E-state index is 0.0739. The van der Waals surface area contributed by atoms with Crippen LogP contribution in [-0.4, -0.2) is 51.6 Å². The number of carbonyl (C=O) groups is 1. The van der Waals surface area contributed by atoms with E-state index in [0.717, 1.165) is 54.3 Å². The lowest BCUT2D eigenvalue weighted by Gasteiger charge is -2.27. The predicted octanol–water partition coefficient (Wildman–Crippen LogP) is 4.18. The molecule has 4 aromatic rings. The van der Waals surface area contributed by atoms with E-state index in [2.05, 4.69) is 41.2 Å². The topological polar surface area (TPSA) is 62.5 Å². The first-order chi connectivity index (χ1) is 16.7. The molecule has 2 aromatic carbocycles. The summed E-state index contributed by atoms with van der Waals surface area (Å²) in [7, 11) is 0. The molecule has 5 rings (SSSR count). The number of aromatic nitrogens is 3. The Bertz CT molecular complexity index is 1340. The normalized spacial score (nSPS) is 13.0. The van der Waals surface area contributed by atoms with Gasteiger partial charge in [0.25, 0.3) is 5.91 Å². The molecule has 6 nitrogen and oxygen atoms in total. The average molecular weight is 452 g/mol. The van der Waals surface area contributed by atoms with Crippen molar-refractivity contribution in [3.8, 4) is 23.1 Å². The monoisotopic (exact) mass is 451 g/mol. The first-order valence-corrected chi connectivity index (χ1v) is 11.7. The van der Waals surface area contributed by atoms with E-state index in [9.17, 15) is 4.79 Å². The first kappa shape index (κ1) is 23.2. The van der Waals surface area contributed by atoms with Gasteiger partial charge in [-0.15, -0.1) is 0 Å². The Kier molecular flexibility index (Phi) is 7.36. The molecule has 1 fully saturated rings. The van der Waals surface area contributed by atoms with Gasteiger partial charge in [0.15, 0.2) is 5.65 Å². The Morgan fingerprint density at radius 2 is 1.74 bits per heavy atom. The zero-order chi connectivity index (χ0) is 23.9. The Labute approximate surface area is 200 Å². The number of carbonyl (C=O) groups excluding carboxylic acids is 1. The molecule has 1 amide bonds. The number of nitrogens with zero attached hydrogens (tertiary/aromatic N) is 4. The summed E-state index contributed by atoms with van der Waals surface area (Å²) < 4.78 is 1.76. The summed E-state index contributed by atoms with van der Waals surface area (Å²) >= 11 is 0. The Hall–Kier alpha value is -3.95. The van der Waals surface area contributed by atoms with E-state index in [1.807, 2.05) is 67.3 Å². The molecular weight excluding hydrogens is 422 g/mol. The first-order valence-electron chi connectivity index (χ1n) is 11.7. The van der Waals surface area contributed by atoms with Crippen LogP contribution in [0.1, 0.15) is 41.0 Å². The standard InChI is InChI=1S/C26H23N5O.C2H6/c1-19-3-2-4-20(17-19)5-10-23-18-28-25-12-11-24(29-31(23)25)21-6-8-22(9-7-21)26(32)30-15-13-27-14-16-30;1-2/h2-4,6-9,11-12,17-18,27H,13-16H2,1H3;1-2H3. The molecule has 0 atom stereocenters. The summed E-state index contributed by atoms with van der Waals surface area (Å²) in [6, 6.07) is 19.6. The van der Waals surface area contributed by atoms with Crippen LogP contribution < -0.4 is 5.32 Å². The van der Waals surface area contributed by atoms with E-state index in [0.29, 0.717) is 5.56 Å². The Morgan fingerprint density at radius 3 is 2.47 bits per heavy atom. The van der Waals surface area contributed by atoms with Crippen molar-refractivity contribution >= 4 is 11.6 Å². The van der Waals surface area contributed by atoms with Gasteiger partial charge in [-0.2, -0.15) is 5.10 Å². The number of amides is 1. The van der Waals surface area contributed by atoms with Gasteiger partial charge in [-0.25, -0.2) is 9.50 Å². The van der Waals surface area contributed by atoms with Crippen LogP contribution >= 0.6 is 0 Å². The number of fused-ring (bicyclic) bond motifs is 1. The second-order valence-electron chi connectivity index (χ2n) is 7.87. The molecule has 0 spiro atoms. The highest BCUT2D eigenvalue weighted by Gasteiger charge is 2.18. The van der Waals surface area contributed by atoms with Crippen LogP contribution in [-0.2, 0) is 0 Å². The van der Waals surface area contributed by atoms with Gasteiger partial charge in [0.1, 0.15) is 5.69 Å². The van der Waals surface area contributed by atoms with Gasteiger partial charge in [0.2, 0.25) is 0 Å². The third kappa shape index (κ3) is 5.16. The van der Waals surface area contributed by atoms with Gasteiger partial charge in [-0.3, -0.25) is 4.79 Å². The molecule has 0 unspecified atom stereocenters. The average Bonchev–Trinajstić information content (AvgIpc) is 3.31. The molecule has 6 heteroatoms. The number of hydrogen-bond donors (Lipinski definition) is 1. The molecule has 1 saturated heterocycles. The van der Waals surface area contributed by atoms with Gasteiger partial charge in [0, 0.05) is 42.9 Å². The number of nitrogens with one attached hydrogen (secondary N) is 1. The van der Waals surface area contributed by atoms with E-state index in [-0.39, 0.29) is 5.91 Å². The molecule has 0 saturated carbocycles. The van der Waals surface area contributed by atoms with Crippen LogP contribution in [0.5, 0.6) is 0 Å². The number of rotatable bonds is 2. The smallest absolute Gasteiger partial charge is 0.253 e. The van der Waals surface area contributed by atoms with Gasteiger partial charge < -0.3 is 10.2 Å². The fourth-order valence-electron chi connectivity index (χ4n) is 3.81. The van der Waals surface area contributed by atoms with Crippen LogP contribution in [0.2, 0.25) is 0 Å². The van der Waals surface area contributed by atoms with Crippen LogP contribution in [0.25, 0.3) is 16.9 Å². The van der Waals surface area contributed by atoms with Crippen molar-refractivity contribution in [3.63, 3.8) is 0 Å². The van der Waals surface area contributed by atoms with Crippen molar-refractivity contribution in [2.75, 3.05) is 26.2 Å². The summed E-state index contributed by atoms with van der Waals surface area (Å²) in [5.74, 6) is 6.45. The van der Waals surface area contributed by atoms with Crippen molar-refractivity contribution in [1.29, 1.82) is 0 Å². The maximum Gasteiger partial charge on any atom is 0.253 e. The predicted molar refractivity (Wildman–Crippen MR) is 136 cm³/mol. The number of imidazole rings is 1. The van der Waals surface area contributed by atoms with Crippen LogP contribution in [0.15, 0.2) is 66.9 Å². The molecule has 0 aliphatic carbocycles. The van der Waals surface area contributed by atoms with Crippen molar-refractivity contribution in [2.45, 2.75) is 20.8 Å². The van der Waals surface area contributed by atoms with Crippen molar-refractivity contribution in [2.24, 2.45) is 0 Å². The van der Waals surface area contributed by atoms with E-state index in [1.54, 1.807) is 10.7 Å². The lowest BCUT2D eigenvalue weighted by Crippen LogP contribution is -2.46. The fraction of sp³-hybridized carbons (Fsp3) is 0.250. The lowest BCUT2D eigenvalue weighted by molar-refractivity contribution is 0.0736. The third-order valence-electron chi connectivity index (χ3n) is 5.55. The minimum atomic E-state index is 0.0739. The second kappa shape index (κ2) is 10.8. The zero-order valence-corrected chi connectivity index (χ0v) is 19.9. The molecule has 1 aliphatic heterocycles. The number of aryl methyl sites for hydroxylation is 1. The Balaban J connectivity index is 0.00000133. The largest absolute Gasteiger partial charge is 0.336 e. The third-order valence-corrected chi connectivity index (χ3v) is 5.55. The molecule has 1 N–H and O–H groups in total. The van der Waals surface area contributed by atoms with Crippen LogP contribution in [0.3, 0.4) is 0 Å². The van der Waals surface area contributed by atoms with E-state index < -0.39 is 0 Å².